The van der Waals surface area contributed by atoms with Crippen molar-refractivity contribution < 1.29 is 5.11 Å². The van der Waals surface area contributed by atoms with Crippen molar-refractivity contribution >= 4 is 22.9 Å². The fraction of sp³-hybridized carbons (Fsp3) is 0.583. The van der Waals surface area contributed by atoms with Crippen LogP contribution in [0.5, 0.6) is 0 Å². The van der Waals surface area contributed by atoms with Gasteiger partial charge in [0.25, 0.3) is 0 Å². The molecule has 0 saturated carbocycles. The molecule has 1 atom stereocenters. The minimum Gasteiger partial charge on any atom is -0.388 e. The molecule has 2 aromatic heterocycles. The highest BCUT2D eigenvalue weighted by Gasteiger charge is 2.18. The van der Waals surface area contributed by atoms with E-state index in [0.717, 1.165) is 12.1 Å². The maximum Gasteiger partial charge on any atom is 0.226 e. The van der Waals surface area contributed by atoms with E-state index < -0.39 is 5.60 Å². The van der Waals surface area contributed by atoms with Crippen LogP contribution >= 0.6 is 0 Å². The number of nitrogens with zero attached hydrogens (tertiary/aromatic N) is 3. The molecule has 2 aromatic rings. The summed E-state index contributed by atoms with van der Waals surface area (Å²) < 4.78 is 0. The summed E-state index contributed by atoms with van der Waals surface area (Å²) in [4.78, 5) is 15.8. The van der Waals surface area contributed by atoms with Crippen LogP contribution < -0.4 is 10.6 Å². The molecular weight excluding hydrogens is 244 g/mol. The van der Waals surface area contributed by atoms with E-state index in [2.05, 4.69) is 30.6 Å². The van der Waals surface area contributed by atoms with Gasteiger partial charge in [-0.3, -0.25) is 0 Å². The van der Waals surface area contributed by atoms with Crippen molar-refractivity contribution in [2.45, 2.75) is 32.8 Å². The molecule has 0 bridgehead atoms. The van der Waals surface area contributed by atoms with Gasteiger partial charge in [0.05, 0.1) is 11.9 Å². The molecule has 4 N–H and O–H groups in total. The van der Waals surface area contributed by atoms with Gasteiger partial charge in [-0.05, 0) is 20.3 Å². The van der Waals surface area contributed by atoms with Crippen molar-refractivity contribution in [3.05, 3.63) is 6.33 Å². The highest BCUT2D eigenvalue weighted by atomic mass is 16.3. The standard InChI is InChI=1S/C12H20N6O/c1-4-12(3,19)6-14-9-8-10(16-7-15-8)18-11(17-9)13-5-2/h7,19H,4-6H2,1-3H3,(H3,13,14,15,16,17,18). The fourth-order valence-corrected chi connectivity index (χ4v) is 1.60. The van der Waals surface area contributed by atoms with Crippen molar-refractivity contribution in [1.29, 1.82) is 0 Å². The Morgan fingerprint density at radius 3 is 2.79 bits per heavy atom. The first-order valence-electron chi connectivity index (χ1n) is 6.47. The maximum atomic E-state index is 10.0. The summed E-state index contributed by atoms with van der Waals surface area (Å²) >= 11 is 0. The molecule has 0 amide bonds. The second-order valence-electron chi connectivity index (χ2n) is 4.73. The predicted octanol–water partition coefficient (Wildman–Crippen LogP) is 1.36. The zero-order valence-electron chi connectivity index (χ0n) is 11.5. The lowest BCUT2D eigenvalue weighted by Gasteiger charge is -2.22. The number of aromatic nitrogens is 4. The van der Waals surface area contributed by atoms with Crippen LogP contribution in [-0.2, 0) is 0 Å². The summed E-state index contributed by atoms with van der Waals surface area (Å²) in [7, 11) is 0. The Bertz CT molecular complexity index is 550. The molecule has 1 unspecified atom stereocenters. The average Bonchev–Trinajstić information content (AvgIpc) is 2.85. The third-order valence-corrected chi connectivity index (χ3v) is 3.02. The number of H-pyrrole nitrogens is 1. The van der Waals surface area contributed by atoms with E-state index in [4.69, 9.17) is 0 Å². The highest BCUT2D eigenvalue weighted by molar-refractivity contribution is 5.83. The zero-order chi connectivity index (χ0) is 13.9. The predicted molar refractivity (Wildman–Crippen MR) is 75.3 cm³/mol. The quantitative estimate of drug-likeness (QED) is 0.629. The van der Waals surface area contributed by atoms with Gasteiger partial charge in [-0.1, -0.05) is 6.92 Å². The number of hydrogen-bond acceptors (Lipinski definition) is 6. The third kappa shape index (κ3) is 3.11. The van der Waals surface area contributed by atoms with Crippen LogP contribution in [0.15, 0.2) is 6.33 Å². The third-order valence-electron chi connectivity index (χ3n) is 3.02. The lowest BCUT2D eigenvalue weighted by Crippen LogP contribution is -2.32. The first-order chi connectivity index (χ1) is 9.05. The Morgan fingerprint density at radius 2 is 2.11 bits per heavy atom. The van der Waals surface area contributed by atoms with E-state index in [1.165, 1.54) is 0 Å². The van der Waals surface area contributed by atoms with E-state index in [9.17, 15) is 5.11 Å². The molecule has 0 aliphatic carbocycles. The van der Waals surface area contributed by atoms with Gasteiger partial charge in [0.2, 0.25) is 5.95 Å². The van der Waals surface area contributed by atoms with Crippen molar-refractivity contribution in [3.8, 4) is 0 Å². The van der Waals surface area contributed by atoms with Crippen LogP contribution in [0.1, 0.15) is 27.2 Å². The Balaban J connectivity index is 2.27. The molecular formula is C12H20N6O. The molecule has 0 aliphatic rings. The van der Waals surface area contributed by atoms with Gasteiger partial charge < -0.3 is 20.7 Å². The second kappa shape index (κ2) is 5.40. The smallest absolute Gasteiger partial charge is 0.226 e. The Morgan fingerprint density at radius 1 is 1.32 bits per heavy atom. The number of aliphatic hydroxyl groups is 1. The van der Waals surface area contributed by atoms with Crippen molar-refractivity contribution in [2.24, 2.45) is 0 Å². The lowest BCUT2D eigenvalue weighted by atomic mass is 10.0. The molecule has 0 aromatic carbocycles. The first-order valence-corrected chi connectivity index (χ1v) is 6.47. The maximum absolute atomic E-state index is 10.0. The Labute approximate surface area is 111 Å². The number of anilines is 2. The second-order valence-corrected chi connectivity index (χ2v) is 4.73. The number of fused-ring (bicyclic) bond motifs is 1. The molecule has 2 heterocycles. The lowest BCUT2D eigenvalue weighted by molar-refractivity contribution is 0.0697. The topological polar surface area (TPSA) is 98.8 Å². The molecule has 7 heteroatoms. The first kappa shape index (κ1) is 13.5. The van der Waals surface area contributed by atoms with Crippen LogP contribution in [-0.4, -0.2) is 43.7 Å². The number of hydrogen-bond donors (Lipinski definition) is 4. The van der Waals surface area contributed by atoms with Crippen molar-refractivity contribution in [3.63, 3.8) is 0 Å². The highest BCUT2D eigenvalue weighted by Crippen LogP contribution is 2.19. The molecule has 19 heavy (non-hydrogen) atoms. The molecule has 7 nitrogen and oxygen atoms in total. The SMILES string of the molecule is CCNc1nc(NCC(C)(O)CC)c2[nH]cnc2n1. The molecule has 104 valence electrons. The molecule has 2 rings (SSSR count). The minimum atomic E-state index is -0.768. The summed E-state index contributed by atoms with van der Waals surface area (Å²) in [5.41, 5.74) is 0.577. The van der Waals surface area contributed by atoms with Gasteiger partial charge in [-0.2, -0.15) is 9.97 Å². The summed E-state index contributed by atoms with van der Waals surface area (Å²) in [5.74, 6) is 1.17. The Kier molecular flexibility index (Phi) is 3.84. The zero-order valence-corrected chi connectivity index (χ0v) is 11.5. The van der Waals surface area contributed by atoms with Gasteiger partial charge in [-0.15, -0.1) is 0 Å². The normalized spacial score (nSPS) is 14.3. The van der Waals surface area contributed by atoms with Crippen molar-refractivity contribution in [2.75, 3.05) is 23.7 Å². The van der Waals surface area contributed by atoms with Crippen LogP contribution in [0.2, 0.25) is 0 Å². The van der Waals surface area contributed by atoms with Gasteiger partial charge in [-0.25, -0.2) is 4.98 Å². The van der Waals surface area contributed by atoms with E-state index in [1.54, 1.807) is 13.3 Å². The van der Waals surface area contributed by atoms with E-state index >= 15 is 0 Å². The van der Waals surface area contributed by atoms with E-state index in [1.807, 2.05) is 13.8 Å². The van der Waals surface area contributed by atoms with Crippen LogP contribution in [0, 0.1) is 0 Å². The van der Waals surface area contributed by atoms with Gasteiger partial charge in [0, 0.05) is 13.1 Å². The van der Waals surface area contributed by atoms with Gasteiger partial charge in [0.15, 0.2) is 11.5 Å². The monoisotopic (exact) mass is 264 g/mol. The van der Waals surface area contributed by atoms with E-state index in [-0.39, 0.29) is 0 Å². The average molecular weight is 264 g/mol. The molecule has 0 aliphatic heterocycles. The molecule has 0 radical (unpaired) electrons. The van der Waals surface area contributed by atoms with Gasteiger partial charge >= 0.3 is 0 Å². The molecule has 0 fully saturated rings. The van der Waals surface area contributed by atoms with Gasteiger partial charge in [0.1, 0.15) is 5.52 Å². The number of imidazole rings is 1. The van der Waals surface area contributed by atoms with E-state index in [0.29, 0.717) is 30.4 Å². The summed E-state index contributed by atoms with van der Waals surface area (Å²) in [5, 5.41) is 16.2. The molecule has 0 saturated heterocycles. The molecule has 0 spiro atoms. The van der Waals surface area contributed by atoms with Crippen LogP contribution in [0.4, 0.5) is 11.8 Å². The Hall–Kier alpha value is -1.89. The number of rotatable bonds is 6. The summed E-state index contributed by atoms with van der Waals surface area (Å²) in [6.45, 7) is 6.86. The summed E-state index contributed by atoms with van der Waals surface area (Å²) in [6, 6.07) is 0. The fourth-order valence-electron chi connectivity index (χ4n) is 1.60. The minimum absolute atomic E-state index is 0.417. The largest absolute Gasteiger partial charge is 0.388 e. The van der Waals surface area contributed by atoms with Crippen LogP contribution in [0.3, 0.4) is 0 Å². The summed E-state index contributed by atoms with van der Waals surface area (Å²) in [6.07, 6.45) is 2.25. The number of aromatic amines is 1. The van der Waals surface area contributed by atoms with Crippen molar-refractivity contribution in [1.82, 2.24) is 19.9 Å². The van der Waals surface area contributed by atoms with Crippen LogP contribution in [0.25, 0.3) is 11.2 Å². The number of nitrogens with one attached hydrogen (secondary N) is 3.